The van der Waals surface area contributed by atoms with Crippen LogP contribution in [0.1, 0.15) is 22.8 Å². The van der Waals surface area contributed by atoms with Crippen molar-refractivity contribution in [1.29, 1.82) is 0 Å². The molecule has 0 amide bonds. The van der Waals surface area contributed by atoms with Gasteiger partial charge >= 0.3 is 0 Å². The van der Waals surface area contributed by atoms with Crippen molar-refractivity contribution in [3.05, 3.63) is 29.3 Å². The van der Waals surface area contributed by atoms with Crippen LogP contribution in [0.3, 0.4) is 0 Å². The molecule has 1 aliphatic heterocycles. The number of fused-ring (bicyclic) bond motifs is 1. The van der Waals surface area contributed by atoms with Gasteiger partial charge in [0.05, 0.1) is 0 Å². The van der Waals surface area contributed by atoms with Gasteiger partial charge in [-0.15, -0.1) is 0 Å². The van der Waals surface area contributed by atoms with Gasteiger partial charge in [0.2, 0.25) is 0 Å². The summed E-state index contributed by atoms with van der Waals surface area (Å²) in [4.78, 5) is 10.6. The smallest absolute Gasteiger partial charge is 0.150 e. The Bertz CT molecular complexity index is 318. The SMILES string of the molecule is CC1Cc2c(C=O)cccc2O1. The minimum Gasteiger partial charge on any atom is -0.490 e. The number of rotatable bonds is 1. The van der Waals surface area contributed by atoms with Crippen LogP contribution in [-0.2, 0) is 6.42 Å². The molecule has 0 radical (unpaired) electrons. The highest BCUT2D eigenvalue weighted by Gasteiger charge is 2.20. The van der Waals surface area contributed by atoms with Crippen LogP contribution in [-0.4, -0.2) is 12.4 Å². The van der Waals surface area contributed by atoms with Gasteiger partial charge in [-0.25, -0.2) is 0 Å². The van der Waals surface area contributed by atoms with E-state index in [1.807, 2.05) is 25.1 Å². The summed E-state index contributed by atoms with van der Waals surface area (Å²) in [6, 6.07) is 5.58. The molecule has 12 heavy (non-hydrogen) atoms. The Labute approximate surface area is 71.2 Å². The highest BCUT2D eigenvalue weighted by atomic mass is 16.5. The Hall–Kier alpha value is -1.31. The van der Waals surface area contributed by atoms with Crippen molar-refractivity contribution in [2.45, 2.75) is 19.4 Å². The van der Waals surface area contributed by atoms with Crippen LogP contribution in [0.25, 0.3) is 0 Å². The second kappa shape index (κ2) is 2.63. The van der Waals surface area contributed by atoms with E-state index in [1.54, 1.807) is 0 Å². The molecule has 0 bridgehead atoms. The zero-order valence-electron chi connectivity index (χ0n) is 6.91. The molecule has 1 aromatic carbocycles. The van der Waals surface area contributed by atoms with Crippen molar-refractivity contribution in [3.63, 3.8) is 0 Å². The van der Waals surface area contributed by atoms with Crippen molar-refractivity contribution in [1.82, 2.24) is 0 Å². The standard InChI is InChI=1S/C10H10O2/c1-7-5-9-8(6-11)3-2-4-10(9)12-7/h2-4,6-7H,5H2,1H3. The molecule has 2 rings (SSSR count). The summed E-state index contributed by atoms with van der Waals surface area (Å²) in [6.45, 7) is 2.01. The first kappa shape index (κ1) is 7.35. The maximum Gasteiger partial charge on any atom is 0.150 e. The summed E-state index contributed by atoms with van der Waals surface area (Å²) in [6.07, 6.45) is 1.95. The van der Waals surface area contributed by atoms with Crippen LogP contribution in [0.5, 0.6) is 5.75 Å². The third-order valence-corrected chi connectivity index (χ3v) is 2.12. The lowest BCUT2D eigenvalue weighted by atomic mass is 10.0. The van der Waals surface area contributed by atoms with E-state index in [0.29, 0.717) is 0 Å². The van der Waals surface area contributed by atoms with Crippen molar-refractivity contribution in [3.8, 4) is 5.75 Å². The number of hydrogen-bond acceptors (Lipinski definition) is 2. The molecule has 62 valence electrons. The fourth-order valence-corrected chi connectivity index (χ4v) is 1.57. The molecule has 2 nitrogen and oxygen atoms in total. The van der Waals surface area contributed by atoms with E-state index in [4.69, 9.17) is 4.74 Å². The second-order valence-electron chi connectivity index (χ2n) is 3.07. The second-order valence-corrected chi connectivity index (χ2v) is 3.07. The predicted octanol–water partition coefficient (Wildman–Crippen LogP) is 1.82. The molecule has 0 fully saturated rings. The van der Waals surface area contributed by atoms with Crippen LogP contribution in [0.2, 0.25) is 0 Å². The lowest BCUT2D eigenvalue weighted by Crippen LogP contribution is -2.05. The van der Waals surface area contributed by atoms with Crippen LogP contribution in [0.15, 0.2) is 18.2 Å². The van der Waals surface area contributed by atoms with E-state index in [1.165, 1.54) is 0 Å². The lowest BCUT2D eigenvalue weighted by Gasteiger charge is -2.01. The number of hydrogen-bond donors (Lipinski definition) is 0. The number of carbonyl (C=O) groups is 1. The van der Waals surface area contributed by atoms with Gasteiger partial charge in [-0.1, -0.05) is 12.1 Å². The molecule has 1 aromatic rings. The lowest BCUT2D eigenvalue weighted by molar-refractivity contribution is 0.112. The van der Waals surface area contributed by atoms with Gasteiger partial charge in [0.15, 0.2) is 0 Å². The summed E-state index contributed by atoms with van der Waals surface area (Å²) >= 11 is 0. The van der Waals surface area contributed by atoms with Crippen molar-refractivity contribution in [2.75, 3.05) is 0 Å². The zero-order valence-corrected chi connectivity index (χ0v) is 6.91. The summed E-state index contributed by atoms with van der Waals surface area (Å²) in [5.74, 6) is 0.868. The number of carbonyl (C=O) groups excluding carboxylic acids is 1. The summed E-state index contributed by atoms with van der Waals surface area (Å²) in [5, 5.41) is 0. The molecule has 0 spiro atoms. The van der Waals surface area contributed by atoms with Gasteiger partial charge < -0.3 is 4.74 Å². The van der Waals surface area contributed by atoms with Crippen molar-refractivity contribution < 1.29 is 9.53 Å². The largest absolute Gasteiger partial charge is 0.490 e. The topological polar surface area (TPSA) is 26.3 Å². The van der Waals surface area contributed by atoms with E-state index in [-0.39, 0.29) is 6.10 Å². The first-order valence-corrected chi connectivity index (χ1v) is 4.05. The van der Waals surface area contributed by atoms with Crippen molar-refractivity contribution >= 4 is 6.29 Å². The average Bonchev–Trinajstić information content (AvgIpc) is 2.44. The fourth-order valence-electron chi connectivity index (χ4n) is 1.57. The average molecular weight is 162 g/mol. The first-order valence-electron chi connectivity index (χ1n) is 4.05. The Morgan fingerprint density at radius 3 is 3.17 bits per heavy atom. The summed E-state index contributed by atoms with van der Waals surface area (Å²) in [7, 11) is 0. The quantitative estimate of drug-likeness (QED) is 0.589. The maximum atomic E-state index is 10.6. The van der Waals surface area contributed by atoms with Crippen LogP contribution >= 0.6 is 0 Å². The molecule has 1 atom stereocenters. The fraction of sp³-hybridized carbons (Fsp3) is 0.300. The highest BCUT2D eigenvalue weighted by molar-refractivity contribution is 5.79. The third-order valence-electron chi connectivity index (χ3n) is 2.12. The van der Waals surface area contributed by atoms with E-state index in [9.17, 15) is 4.79 Å². The maximum absolute atomic E-state index is 10.6. The van der Waals surface area contributed by atoms with E-state index in [2.05, 4.69) is 0 Å². The monoisotopic (exact) mass is 162 g/mol. The van der Waals surface area contributed by atoms with Crippen LogP contribution in [0.4, 0.5) is 0 Å². The first-order chi connectivity index (χ1) is 5.81. The Morgan fingerprint density at radius 1 is 1.58 bits per heavy atom. The minimum absolute atomic E-state index is 0.209. The molecule has 0 saturated carbocycles. The van der Waals surface area contributed by atoms with Gasteiger partial charge in [-0.2, -0.15) is 0 Å². The molecule has 0 aromatic heterocycles. The molecular formula is C10H10O2. The number of aldehydes is 1. The van der Waals surface area contributed by atoms with Gasteiger partial charge in [0.1, 0.15) is 18.1 Å². The van der Waals surface area contributed by atoms with E-state index < -0.39 is 0 Å². The summed E-state index contributed by atoms with van der Waals surface area (Å²) in [5.41, 5.74) is 1.82. The molecule has 1 unspecified atom stereocenters. The molecule has 0 saturated heterocycles. The van der Waals surface area contributed by atoms with E-state index in [0.717, 1.165) is 29.6 Å². The van der Waals surface area contributed by atoms with Crippen LogP contribution < -0.4 is 4.74 Å². The molecular weight excluding hydrogens is 152 g/mol. The van der Waals surface area contributed by atoms with Gasteiger partial charge in [0.25, 0.3) is 0 Å². The molecule has 1 aliphatic rings. The summed E-state index contributed by atoms with van der Waals surface area (Å²) < 4.78 is 5.49. The molecule has 0 aliphatic carbocycles. The van der Waals surface area contributed by atoms with Gasteiger partial charge in [-0.3, -0.25) is 4.79 Å². The third kappa shape index (κ3) is 0.998. The van der Waals surface area contributed by atoms with Crippen LogP contribution in [0, 0.1) is 0 Å². The van der Waals surface area contributed by atoms with E-state index >= 15 is 0 Å². The van der Waals surface area contributed by atoms with Gasteiger partial charge in [0, 0.05) is 17.5 Å². The highest BCUT2D eigenvalue weighted by Crippen LogP contribution is 2.30. The molecule has 2 heteroatoms. The Morgan fingerprint density at radius 2 is 2.42 bits per heavy atom. The molecule has 1 heterocycles. The van der Waals surface area contributed by atoms with Gasteiger partial charge in [-0.05, 0) is 13.0 Å². The van der Waals surface area contributed by atoms with Crippen molar-refractivity contribution in [2.24, 2.45) is 0 Å². The molecule has 0 N–H and O–H groups in total. The predicted molar refractivity (Wildman–Crippen MR) is 45.6 cm³/mol. The zero-order chi connectivity index (χ0) is 8.55. The minimum atomic E-state index is 0.209. The normalized spacial score (nSPS) is 19.9. The number of benzene rings is 1. The number of ether oxygens (including phenoxy) is 1. The Balaban J connectivity index is 2.51. The Kier molecular flexibility index (Phi) is 1.61.